The number of fused-ring (bicyclic) bond motifs is 1. The van der Waals surface area contributed by atoms with E-state index < -0.39 is 11.9 Å². The highest BCUT2D eigenvalue weighted by Gasteiger charge is 2.12. The van der Waals surface area contributed by atoms with Crippen molar-refractivity contribution in [2.45, 2.75) is 6.92 Å². The first-order valence-electron chi connectivity index (χ1n) is 5.19. The van der Waals surface area contributed by atoms with Gasteiger partial charge in [0.25, 0.3) is 0 Å². The fourth-order valence-corrected chi connectivity index (χ4v) is 1.64. The van der Waals surface area contributed by atoms with E-state index in [9.17, 15) is 9.18 Å². The molecule has 0 unspecified atom stereocenters. The van der Waals surface area contributed by atoms with Gasteiger partial charge in [-0.15, -0.1) is 0 Å². The molecule has 0 saturated carbocycles. The third-order valence-electron chi connectivity index (χ3n) is 2.43. The van der Waals surface area contributed by atoms with Crippen molar-refractivity contribution < 1.29 is 18.7 Å². The lowest BCUT2D eigenvalue weighted by Crippen LogP contribution is -2.12. The zero-order chi connectivity index (χ0) is 12.4. The van der Waals surface area contributed by atoms with Crippen LogP contribution in [0.4, 0.5) is 9.18 Å². The van der Waals surface area contributed by atoms with E-state index in [4.69, 9.17) is 9.47 Å². The number of rotatable bonds is 2. The molecule has 1 heterocycles. The summed E-state index contributed by atoms with van der Waals surface area (Å²) in [5.74, 6) is -0.358. The normalized spacial score (nSPS) is 10.5. The number of ether oxygens (including phenoxy) is 2. The Morgan fingerprint density at radius 3 is 2.88 bits per heavy atom. The maximum absolute atomic E-state index is 13.5. The van der Waals surface area contributed by atoms with Gasteiger partial charge in [0.05, 0.1) is 19.2 Å². The van der Waals surface area contributed by atoms with Crippen LogP contribution < -0.4 is 4.74 Å². The molecule has 0 N–H and O–H groups in total. The quantitative estimate of drug-likeness (QED) is 0.806. The summed E-state index contributed by atoms with van der Waals surface area (Å²) in [5, 5.41) is 0.719. The van der Waals surface area contributed by atoms with Gasteiger partial charge < -0.3 is 9.47 Å². The third kappa shape index (κ3) is 1.95. The Bertz CT molecular complexity index is 562. The predicted octanol–water partition coefficient (Wildman–Crippen LogP) is 2.79. The van der Waals surface area contributed by atoms with Crippen molar-refractivity contribution in [1.82, 2.24) is 4.57 Å². The molecule has 1 aromatic carbocycles. The van der Waals surface area contributed by atoms with Crippen LogP contribution in [0, 0.1) is 5.82 Å². The first kappa shape index (κ1) is 11.4. The number of hydrogen-bond acceptors (Lipinski definition) is 3. The number of methoxy groups -OCH3 is 1. The second-order valence-electron chi connectivity index (χ2n) is 3.43. The molecule has 0 fully saturated rings. The molecule has 1 aromatic heterocycles. The number of carbonyl (C=O) groups is 1. The van der Waals surface area contributed by atoms with Gasteiger partial charge in [0, 0.05) is 17.6 Å². The Kier molecular flexibility index (Phi) is 2.99. The summed E-state index contributed by atoms with van der Waals surface area (Å²) in [4.78, 5) is 11.6. The van der Waals surface area contributed by atoms with Gasteiger partial charge in [-0.2, -0.15) is 0 Å². The Balaban J connectivity index is 2.54. The predicted molar refractivity (Wildman–Crippen MR) is 60.9 cm³/mol. The van der Waals surface area contributed by atoms with Gasteiger partial charge in [-0.1, -0.05) is 0 Å². The van der Waals surface area contributed by atoms with Crippen LogP contribution in [0.25, 0.3) is 10.9 Å². The van der Waals surface area contributed by atoms with Crippen LogP contribution in [0.3, 0.4) is 0 Å². The van der Waals surface area contributed by atoms with Crippen LogP contribution in [-0.4, -0.2) is 24.4 Å². The van der Waals surface area contributed by atoms with Crippen LogP contribution in [0.15, 0.2) is 24.4 Å². The summed E-state index contributed by atoms with van der Waals surface area (Å²) >= 11 is 0. The average molecular weight is 237 g/mol. The molecular formula is C12H12FNO3. The van der Waals surface area contributed by atoms with E-state index in [1.165, 1.54) is 17.7 Å². The Labute approximate surface area is 97.5 Å². The standard InChI is InChI=1S/C12H12FNO3/c1-3-17-12(15)14-5-4-8-6-11(16-2)9(13)7-10(8)14/h4-7H,3H2,1-2H3. The molecular weight excluding hydrogens is 225 g/mol. The number of benzene rings is 1. The van der Waals surface area contributed by atoms with Crippen molar-refractivity contribution in [2.24, 2.45) is 0 Å². The zero-order valence-corrected chi connectivity index (χ0v) is 9.57. The Morgan fingerprint density at radius 1 is 1.47 bits per heavy atom. The van der Waals surface area contributed by atoms with Crippen molar-refractivity contribution in [1.29, 1.82) is 0 Å². The SMILES string of the molecule is CCOC(=O)n1ccc2cc(OC)c(F)cc21. The van der Waals surface area contributed by atoms with Crippen LogP contribution in [-0.2, 0) is 4.74 Å². The maximum atomic E-state index is 13.5. The monoisotopic (exact) mass is 237 g/mol. The summed E-state index contributed by atoms with van der Waals surface area (Å²) < 4.78 is 24.5. The molecule has 0 amide bonds. The molecule has 0 saturated heterocycles. The highest BCUT2D eigenvalue weighted by molar-refractivity contribution is 5.90. The molecule has 0 radical (unpaired) electrons. The minimum atomic E-state index is -0.521. The van der Waals surface area contributed by atoms with E-state index in [1.54, 1.807) is 25.3 Å². The number of nitrogens with zero attached hydrogens (tertiary/aromatic N) is 1. The minimum absolute atomic E-state index is 0.152. The van der Waals surface area contributed by atoms with Gasteiger partial charge in [-0.25, -0.2) is 9.18 Å². The fraction of sp³-hybridized carbons (Fsp3) is 0.250. The lowest BCUT2D eigenvalue weighted by Gasteiger charge is -2.05. The summed E-state index contributed by atoms with van der Waals surface area (Å²) in [5.41, 5.74) is 0.460. The van der Waals surface area contributed by atoms with E-state index >= 15 is 0 Å². The summed E-state index contributed by atoms with van der Waals surface area (Å²) in [6, 6.07) is 4.50. The Morgan fingerprint density at radius 2 is 2.24 bits per heavy atom. The molecule has 0 atom stereocenters. The van der Waals surface area contributed by atoms with E-state index in [-0.39, 0.29) is 12.4 Å². The fourth-order valence-electron chi connectivity index (χ4n) is 1.64. The second kappa shape index (κ2) is 4.45. The van der Waals surface area contributed by atoms with E-state index in [2.05, 4.69) is 0 Å². The van der Waals surface area contributed by atoms with Gasteiger partial charge in [-0.3, -0.25) is 4.57 Å². The molecule has 0 aliphatic carbocycles. The average Bonchev–Trinajstić information content (AvgIpc) is 2.71. The third-order valence-corrected chi connectivity index (χ3v) is 2.43. The lowest BCUT2D eigenvalue weighted by molar-refractivity contribution is 0.155. The molecule has 0 bridgehead atoms. The van der Waals surface area contributed by atoms with E-state index in [0.29, 0.717) is 5.52 Å². The van der Waals surface area contributed by atoms with Crippen molar-refractivity contribution >= 4 is 17.0 Å². The summed E-state index contributed by atoms with van der Waals surface area (Å²) in [6.07, 6.45) is 1.02. The maximum Gasteiger partial charge on any atom is 0.418 e. The highest BCUT2D eigenvalue weighted by atomic mass is 19.1. The topological polar surface area (TPSA) is 40.5 Å². The van der Waals surface area contributed by atoms with Crippen LogP contribution in [0.2, 0.25) is 0 Å². The number of carbonyl (C=O) groups excluding carboxylic acids is 1. The molecule has 0 spiro atoms. The van der Waals surface area contributed by atoms with Crippen molar-refractivity contribution in [2.75, 3.05) is 13.7 Å². The zero-order valence-electron chi connectivity index (χ0n) is 9.57. The van der Waals surface area contributed by atoms with Gasteiger partial charge in [0.2, 0.25) is 0 Å². The smallest absolute Gasteiger partial charge is 0.418 e. The first-order valence-corrected chi connectivity index (χ1v) is 5.19. The van der Waals surface area contributed by atoms with Crippen LogP contribution in [0.5, 0.6) is 5.75 Å². The van der Waals surface area contributed by atoms with Gasteiger partial charge in [-0.05, 0) is 19.1 Å². The molecule has 2 rings (SSSR count). The molecule has 0 aliphatic heterocycles. The van der Waals surface area contributed by atoms with Gasteiger partial charge >= 0.3 is 6.09 Å². The van der Waals surface area contributed by atoms with Crippen molar-refractivity contribution in [3.63, 3.8) is 0 Å². The summed E-state index contributed by atoms with van der Waals surface area (Å²) in [6.45, 7) is 1.99. The highest BCUT2D eigenvalue weighted by Crippen LogP contribution is 2.25. The first-order chi connectivity index (χ1) is 8.17. The van der Waals surface area contributed by atoms with Crippen LogP contribution in [0.1, 0.15) is 6.92 Å². The molecule has 2 aromatic rings. The van der Waals surface area contributed by atoms with E-state index in [1.807, 2.05) is 0 Å². The van der Waals surface area contributed by atoms with Crippen molar-refractivity contribution in [3.8, 4) is 5.75 Å². The van der Waals surface area contributed by atoms with Crippen LogP contribution >= 0.6 is 0 Å². The second-order valence-corrected chi connectivity index (χ2v) is 3.43. The Hall–Kier alpha value is -2.04. The molecule has 5 heteroatoms. The number of aromatic nitrogens is 1. The van der Waals surface area contributed by atoms with Crippen molar-refractivity contribution in [3.05, 3.63) is 30.2 Å². The number of hydrogen-bond donors (Lipinski definition) is 0. The molecule has 90 valence electrons. The van der Waals surface area contributed by atoms with E-state index in [0.717, 1.165) is 5.39 Å². The van der Waals surface area contributed by atoms with Gasteiger partial charge in [0.1, 0.15) is 0 Å². The largest absolute Gasteiger partial charge is 0.494 e. The van der Waals surface area contributed by atoms with Gasteiger partial charge in [0.15, 0.2) is 11.6 Å². The molecule has 4 nitrogen and oxygen atoms in total. The lowest BCUT2D eigenvalue weighted by atomic mass is 10.2. The number of halogens is 1. The summed E-state index contributed by atoms with van der Waals surface area (Å²) in [7, 11) is 1.40. The minimum Gasteiger partial charge on any atom is -0.494 e. The molecule has 0 aliphatic rings. The molecule has 17 heavy (non-hydrogen) atoms.